The summed E-state index contributed by atoms with van der Waals surface area (Å²) in [6, 6.07) is 17.0. The van der Waals surface area contributed by atoms with E-state index in [1.807, 2.05) is 6.21 Å². The van der Waals surface area contributed by atoms with Crippen LogP contribution < -0.4 is 0 Å². The third-order valence-corrected chi connectivity index (χ3v) is 7.99. The zero-order valence-corrected chi connectivity index (χ0v) is 28.4. The van der Waals surface area contributed by atoms with E-state index >= 15 is 0 Å². The molecule has 0 aliphatic rings. The molecule has 0 amide bonds. The van der Waals surface area contributed by atoms with Gasteiger partial charge in [0.1, 0.15) is 0 Å². The van der Waals surface area contributed by atoms with Crippen LogP contribution in [-0.2, 0) is 12.8 Å². The molecule has 238 valence electrons. The zero-order chi connectivity index (χ0) is 31.3. The quantitative estimate of drug-likeness (QED) is 0.0738. The van der Waals surface area contributed by atoms with Crippen molar-refractivity contribution in [2.45, 2.75) is 156 Å². The van der Waals surface area contributed by atoms with Gasteiger partial charge in [-0.2, -0.15) is 0 Å². The molecule has 0 atom stereocenters. The highest BCUT2D eigenvalue weighted by Crippen LogP contribution is 2.23. The van der Waals surface area contributed by atoms with Gasteiger partial charge in [-0.3, -0.25) is 9.98 Å². The van der Waals surface area contributed by atoms with Crippen LogP contribution in [0.25, 0.3) is 0 Å². The molecule has 0 unspecified atom stereocenters. The number of unbranched alkanes of at least 4 members (excludes halogenated alkanes) is 13. The van der Waals surface area contributed by atoms with Crippen LogP contribution in [0.1, 0.15) is 154 Å². The van der Waals surface area contributed by atoms with E-state index in [1.54, 1.807) is 0 Å². The molecule has 0 aliphatic heterocycles. The fourth-order valence-electron chi connectivity index (χ4n) is 5.22. The predicted molar refractivity (Wildman–Crippen MR) is 196 cm³/mol. The van der Waals surface area contributed by atoms with Gasteiger partial charge in [-0.25, -0.2) is 0 Å². The normalized spacial score (nSPS) is 11.3. The molecule has 0 aliphatic carbocycles. The first kappa shape index (κ1) is 37.1. The Morgan fingerprint density at radius 3 is 1.55 bits per heavy atom. The van der Waals surface area contributed by atoms with E-state index in [-0.39, 0.29) is 0 Å². The van der Waals surface area contributed by atoms with Gasteiger partial charge in [0, 0.05) is 31.9 Å². The molecular formula is C42H60N2. The average Bonchev–Trinajstić information content (AvgIpc) is 3.05. The Morgan fingerprint density at radius 2 is 0.977 bits per heavy atom. The summed E-state index contributed by atoms with van der Waals surface area (Å²) in [4.78, 5) is 10.1. The summed E-state index contributed by atoms with van der Waals surface area (Å²) >= 11 is 0. The van der Waals surface area contributed by atoms with E-state index in [0.717, 1.165) is 74.9 Å². The number of aryl methyl sites for hydroxylation is 2. The van der Waals surface area contributed by atoms with Gasteiger partial charge in [-0.1, -0.05) is 128 Å². The molecule has 0 saturated heterocycles. The van der Waals surface area contributed by atoms with Crippen LogP contribution in [0.3, 0.4) is 0 Å². The van der Waals surface area contributed by atoms with Gasteiger partial charge in [-0.05, 0) is 61.8 Å². The smallest absolute Gasteiger partial charge is 0.0665 e. The maximum absolute atomic E-state index is 5.13. The number of hydrogen-bond donors (Lipinski definition) is 0. The molecule has 0 N–H and O–H groups in total. The molecule has 2 nitrogen and oxygen atoms in total. The van der Waals surface area contributed by atoms with Gasteiger partial charge in [0.05, 0.1) is 17.1 Å². The predicted octanol–water partition coefficient (Wildman–Crippen LogP) is 12.7. The number of nitrogens with zero attached hydrogens (tertiary/aromatic N) is 2. The summed E-state index contributed by atoms with van der Waals surface area (Å²) < 4.78 is 0. The van der Waals surface area contributed by atoms with Crippen LogP contribution in [0.2, 0.25) is 0 Å². The maximum Gasteiger partial charge on any atom is 0.0665 e. The Bertz CT molecular complexity index is 1200. The van der Waals surface area contributed by atoms with Crippen LogP contribution in [-0.4, -0.2) is 11.9 Å². The Kier molecular flexibility index (Phi) is 22.2. The van der Waals surface area contributed by atoms with Crippen molar-refractivity contribution in [1.82, 2.24) is 0 Å². The first-order valence-electron chi connectivity index (χ1n) is 18.0. The summed E-state index contributed by atoms with van der Waals surface area (Å²) in [6.07, 6.45) is 26.7. The zero-order valence-electron chi connectivity index (χ0n) is 28.4. The molecule has 0 saturated carbocycles. The van der Waals surface area contributed by atoms with Crippen molar-refractivity contribution >= 4 is 23.3 Å². The lowest BCUT2D eigenvalue weighted by atomic mass is 10.1. The van der Waals surface area contributed by atoms with Crippen LogP contribution >= 0.6 is 0 Å². The lowest BCUT2D eigenvalue weighted by Gasteiger charge is -2.07. The third-order valence-electron chi connectivity index (χ3n) is 7.99. The molecule has 0 aromatic heterocycles. The Hall–Kier alpha value is -3.10. The van der Waals surface area contributed by atoms with Crippen molar-refractivity contribution in [3.8, 4) is 23.7 Å². The van der Waals surface area contributed by atoms with Crippen molar-refractivity contribution < 1.29 is 0 Å². The van der Waals surface area contributed by atoms with Gasteiger partial charge in [0.25, 0.3) is 0 Å². The highest BCUT2D eigenvalue weighted by molar-refractivity contribution is 6.31. The third kappa shape index (κ3) is 17.9. The van der Waals surface area contributed by atoms with E-state index in [1.165, 1.54) is 88.2 Å². The summed E-state index contributed by atoms with van der Waals surface area (Å²) in [5.41, 5.74) is 5.65. The monoisotopic (exact) mass is 592 g/mol. The van der Waals surface area contributed by atoms with E-state index in [0.29, 0.717) is 0 Å². The van der Waals surface area contributed by atoms with Crippen molar-refractivity contribution in [2.24, 2.45) is 9.98 Å². The Labute approximate surface area is 271 Å². The molecule has 2 aromatic carbocycles. The largest absolute Gasteiger partial charge is 0.255 e. The minimum absolute atomic E-state index is 0.883. The summed E-state index contributed by atoms with van der Waals surface area (Å²) in [5, 5.41) is 0. The van der Waals surface area contributed by atoms with Crippen molar-refractivity contribution in [3.05, 3.63) is 59.7 Å². The van der Waals surface area contributed by atoms with Gasteiger partial charge in [0.15, 0.2) is 0 Å². The first-order valence-corrected chi connectivity index (χ1v) is 18.0. The number of aliphatic imine (C=N–C) groups is 2. The van der Waals surface area contributed by atoms with Crippen molar-refractivity contribution in [2.75, 3.05) is 0 Å². The van der Waals surface area contributed by atoms with Crippen LogP contribution in [0.4, 0.5) is 11.4 Å². The minimum Gasteiger partial charge on any atom is -0.255 e. The van der Waals surface area contributed by atoms with E-state index in [9.17, 15) is 0 Å². The van der Waals surface area contributed by atoms with Crippen molar-refractivity contribution in [1.29, 1.82) is 0 Å². The van der Waals surface area contributed by atoms with E-state index < -0.39 is 0 Å². The lowest BCUT2D eigenvalue weighted by Crippen LogP contribution is -2.00. The molecule has 2 rings (SSSR count). The first-order chi connectivity index (χ1) is 21.8. The SMILES string of the molecule is CCCCCCCCC#CCCc1ccccc1N=CC(CCCC)=Nc1ccccc1CCC#CCCCCCCCC. The Morgan fingerprint density at radius 1 is 0.523 bits per heavy atom. The maximum atomic E-state index is 5.13. The Balaban J connectivity index is 1.96. The van der Waals surface area contributed by atoms with Gasteiger partial charge < -0.3 is 0 Å². The van der Waals surface area contributed by atoms with E-state index in [2.05, 4.69) is 93.0 Å². The summed E-state index contributed by atoms with van der Waals surface area (Å²) in [6.45, 7) is 6.77. The number of hydrogen-bond acceptors (Lipinski definition) is 2. The average molecular weight is 593 g/mol. The highest BCUT2D eigenvalue weighted by Gasteiger charge is 2.04. The molecule has 0 fully saturated rings. The molecule has 0 radical (unpaired) electrons. The van der Waals surface area contributed by atoms with Gasteiger partial charge in [0.2, 0.25) is 0 Å². The minimum atomic E-state index is 0.883. The number of benzene rings is 2. The second kappa shape index (κ2) is 26.3. The van der Waals surface area contributed by atoms with E-state index in [4.69, 9.17) is 9.98 Å². The number of rotatable bonds is 22. The molecule has 0 bridgehead atoms. The fourth-order valence-corrected chi connectivity index (χ4v) is 5.22. The molecule has 0 spiro atoms. The lowest BCUT2D eigenvalue weighted by molar-refractivity contribution is 0.614. The van der Waals surface area contributed by atoms with Crippen LogP contribution in [0.5, 0.6) is 0 Å². The topological polar surface area (TPSA) is 24.7 Å². The van der Waals surface area contributed by atoms with Crippen LogP contribution in [0.15, 0.2) is 58.5 Å². The van der Waals surface area contributed by atoms with Crippen molar-refractivity contribution in [3.63, 3.8) is 0 Å². The molecule has 2 aromatic rings. The van der Waals surface area contributed by atoms with Gasteiger partial charge in [-0.15, -0.1) is 23.7 Å². The molecule has 0 heterocycles. The second-order valence-corrected chi connectivity index (χ2v) is 12.0. The number of para-hydroxylation sites is 2. The molecule has 2 heteroatoms. The fraction of sp³-hybridized carbons (Fsp3) is 0.571. The molecular weight excluding hydrogens is 532 g/mol. The molecule has 44 heavy (non-hydrogen) atoms. The van der Waals surface area contributed by atoms with Gasteiger partial charge >= 0.3 is 0 Å². The standard InChI is InChI=1S/C42H60N2/c1-4-7-10-12-14-16-18-20-22-24-30-38-32-26-28-35-41(38)43-37-40(34-9-6-3)44-42-36-29-27-33-39(42)31-25-23-21-19-17-15-13-11-8-5-2/h26-29,32-33,35-37H,4-19,24-25,30-31,34H2,1-3H3. The second-order valence-electron chi connectivity index (χ2n) is 12.0. The highest BCUT2D eigenvalue weighted by atomic mass is 14.8. The summed E-state index contributed by atoms with van der Waals surface area (Å²) in [5.74, 6) is 13.6. The summed E-state index contributed by atoms with van der Waals surface area (Å²) in [7, 11) is 0. The van der Waals surface area contributed by atoms with Crippen LogP contribution in [0, 0.1) is 23.7 Å².